The van der Waals surface area contributed by atoms with E-state index in [0.29, 0.717) is 16.8 Å². The Morgan fingerprint density at radius 3 is 2.30 bits per heavy atom. The Morgan fingerprint density at radius 1 is 1.15 bits per heavy atom. The first-order chi connectivity index (χ1) is 9.52. The molecule has 0 aliphatic carbocycles. The van der Waals surface area contributed by atoms with E-state index in [0.717, 1.165) is 11.4 Å². The van der Waals surface area contributed by atoms with Crippen LogP contribution in [0.4, 0.5) is 17.1 Å². The van der Waals surface area contributed by atoms with Crippen LogP contribution in [0.1, 0.15) is 15.9 Å². The summed E-state index contributed by atoms with van der Waals surface area (Å²) in [6.45, 7) is 0. The van der Waals surface area contributed by atoms with E-state index in [1.165, 1.54) is 0 Å². The van der Waals surface area contributed by atoms with E-state index in [4.69, 9.17) is 16.7 Å². The lowest BCUT2D eigenvalue weighted by molar-refractivity contribution is 0.100. The van der Waals surface area contributed by atoms with Gasteiger partial charge in [-0.05, 0) is 42.5 Å². The van der Waals surface area contributed by atoms with Crippen LogP contribution in [0.25, 0.3) is 0 Å². The number of hydrogen-bond acceptors (Lipinski definition) is 4. The summed E-state index contributed by atoms with van der Waals surface area (Å²) in [6, 6.07) is 14.3. The maximum Gasteiger partial charge on any atom is 0.250 e. The number of nitrogen functional groups attached to an aromatic ring is 1. The number of hydrogen-bond donors (Lipinski definition) is 2. The average molecular weight is 266 g/mol. The number of carbonyl (C=O) groups excluding carboxylic acids is 1. The SMILES string of the molecule is CN(c1ccc(C#N)cc1)c1ccc(N)c(C(N)=O)c1. The molecule has 0 aliphatic heterocycles. The summed E-state index contributed by atoms with van der Waals surface area (Å²) in [7, 11) is 1.86. The van der Waals surface area contributed by atoms with Crippen molar-refractivity contribution in [2.24, 2.45) is 5.73 Å². The Balaban J connectivity index is 2.37. The summed E-state index contributed by atoms with van der Waals surface area (Å²) in [6.07, 6.45) is 0. The third-order valence-electron chi connectivity index (χ3n) is 3.07. The Kier molecular flexibility index (Phi) is 3.58. The Morgan fingerprint density at radius 2 is 1.75 bits per heavy atom. The van der Waals surface area contributed by atoms with Crippen LogP contribution in [-0.2, 0) is 0 Å². The van der Waals surface area contributed by atoms with Crippen LogP contribution < -0.4 is 16.4 Å². The molecule has 0 atom stereocenters. The van der Waals surface area contributed by atoms with E-state index in [1.807, 2.05) is 24.1 Å². The van der Waals surface area contributed by atoms with E-state index in [-0.39, 0.29) is 0 Å². The molecule has 4 N–H and O–H groups in total. The predicted octanol–water partition coefficient (Wildman–Crippen LogP) is 2.01. The minimum Gasteiger partial charge on any atom is -0.398 e. The standard InChI is InChI=1S/C15H14N4O/c1-19(11-4-2-10(9-16)3-5-11)12-6-7-14(17)13(8-12)15(18)20/h2-8H,17H2,1H3,(H2,18,20). The van der Waals surface area contributed by atoms with Crippen LogP contribution >= 0.6 is 0 Å². The maximum absolute atomic E-state index is 11.3. The molecule has 0 unspecified atom stereocenters. The lowest BCUT2D eigenvalue weighted by Gasteiger charge is -2.20. The minimum absolute atomic E-state index is 0.294. The van der Waals surface area contributed by atoms with Crippen molar-refractivity contribution < 1.29 is 4.79 Å². The van der Waals surface area contributed by atoms with Crippen molar-refractivity contribution in [1.29, 1.82) is 5.26 Å². The first-order valence-electron chi connectivity index (χ1n) is 5.96. The van der Waals surface area contributed by atoms with Gasteiger partial charge in [0.15, 0.2) is 0 Å². The third-order valence-corrected chi connectivity index (χ3v) is 3.07. The fourth-order valence-corrected chi connectivity index (χ4v) is 1.87. The van der Waals surface area contributed by atoms with Crippen molar-refractivity contribution in [3.63, 3.8) is 0 Å². The minimum atomic E-state index is -0.558. The van der Waals surface area contributed by atoms with Crippen molar-refractivity contribution in [2.45, 2.75) is 0 Å². The van der Waals surface area contributed by atoms with Crippen molar-refractivity contribution in [2.75, 3.05) is 17.7 Å². The van der Waals surface area contributed by atoms with Crippen LogP contribution in [0.15, 0.2) is 42.5 Å². The van der Waals surface area contributed by atoms with Gasteiger partial charge in [0.2, 0.25) is 0 Å². The first kappa shape index (κ1) is 13.4. The van der Waals surface area contributed by atoms with Crippen molar-refractivity contribution in [3.8, 4) is 6.07 Å². The summed E-state index contributed by atoms with van der Waals surface area (Å²) in [5, 5.41) is 8.78. The number of amides is 1. The quantitative estimate of drug-likeness (QED) is 0.830. The highest BCUT2D eigenvalue weighted by molar-refractivity contribution is 5.99. The number of nitriles is 1. The number of benzene rings is 2. The van der Waals surface area contributed by atoms with Crippen molar-refractivity contribution in [3.05, 3.63) is 53.6 Å². The van der Waals surface area contributed by atoms with E-state index in [2.05, 4.69) is 6.07 Å². The molecule has 2 aromatic carbocycles. The molecule has 0 heterocycles. The van der Waals surface area contributed by atoms with E-state index in [1.54, 1.807) is 30.3 Å². The van der Waals surface area contributed by atoms with Crippen molar-refractivity contribution in [1.82, 2.24) is 0 Å². The molecule has 0 spiro atoms. The van der Waals surface area contributed by atoms with Gasteiger partial charge in [-0.2, -0.15) is 5.26 Å². The van der Waals surface area contributed by atoms with Crippen LogP contribution in [-0.4, -0.2) is 13.0 Å². The van der Waals surface area contributed by atoms with Gasteiger partial charge in [0.1, 0.15) is 0 Å². The van der Waals surface area contributed by atoms with Crippen LogP contribution in [0.3, 0.4) is 0 Å². The van der Waals surface area contributed by atoms with Gasteiger partial charge in [-0.1, -0.05) is 0 Å². The predicted molar refractivity (Wildman–Crippen MR) is 78.6 cm³/mol. The van der Waals surface area contributed by atoms with Gasteiger partial charge in [0.05, 0.1) is 17.2 Å². The first-order valence-corrected chi connectivity index (χ1v) is 5.96. The zero-order valence-corrected chi connectivity index (χ0v) is 11.0. The second-order valence-electron chi connectivity index (χ2n) is 4.35. The van der Waals surface area contributed by atoms with Gasteiger partial charge in [-0.25, -0.2) is 0 Å². The maximum atomic E-state index is 11.3. The number of carbonyl (C=O) groups is 1. The van der Waals surface area contributed by atoms with Crippen LogP contribution in [0, 0.1) is 11.3 Å². The smallest absolute Gasteiger partial charge is 0.250 e. The van der Waals surface area contributed by atoms with Gasteiger partial charge in [-0.3, -0.25) is 4.79 Å². The number of nitrogens with two attached hydrogens (primary N) is 2. The highest BCUT2D eigenvalue weighted by Gasteiger charge is 2.10. The second-order valence-corrected chi connectivity index (χ2v) is 4.35. The fourth-order valence-electron chi connectivity index (χ4n) is 1.87. The van der Waals surface area contributed by atoms with Gasteiger partial charge in [-0.15, -0.1) is 0 Å². The summed E-state index contributed by atoms with van der Waals surface area (Å²) in [5.41, 5.74) is 13.9. The monoisotopic (exact) mass is 266 g/mol. The van der Waals surface area contributed by atoms with Gasteiger partial charge < -0.3 is 16.4 Å². The molecule has 100 valence electrons. The molecule has 0 aliphatic rings. The highest BCUT2D eigenvalue weighted by Crippen LogP contribution is 2.26. The zero-order chi connectivity index (χ0) is 14.7. The van der Waals surface area contributed by atoms with E-state index < -0.39 is 5.91 Å². The molecule has 0 saturated heterocycles. The van der Waals surface area contributed by atoms with E-state index in [9.17, 15) is 4.79 Å². The Bertz CT molecular complexity index is 686. The Labute approximate surface area is 117 Å². The van der Waals surface area contributed by atoms with Crippen LogP contribution in [0.2, 0.25) is 0 Å². The molecular weight excluding hydrogens is 252 g/mol. The second kappa shape index (κ2) is 5.33. The average Bonchev–Trinajstić information content (AvgIpc) is 2.47. The molecule has 20 heavy (non-hydrogen) atoms. The summed E-state index contributed by atoms with van der Waals surface area (Å²) in [4.78, 5) is 13.2. The fraction of sp³-hybridized carbons (Fsp3) is 0.0667. The molecule has 0 bridgehead atoms. The third kappa shape index (κ3) is 2.54. The van der Waals surface area contributed by atoms with Gasteiger partial charge in [0, 0.05) is 24.1 Å². The number of anilines is 3. The molecule has 5 heteroatoms. The highest BCUT2D eigenvalue weighted by atomic mass is 16.1. The van der Waals surface area contributed by atoms with E-state index >= 15 is 0 Å². The molecule has 0 radical (unpaired) electrons. The molecule has 2 aromatic rings. The lowest BCUT2D eigenvalue weighted by Crippen LogP contribution is -2.16. The number of primary amides is 1. The summed E-state index contributed by atoms with van der Waals surface area (Å²) < 4.78 is 0. The Hall–Kier alpha value is -3.00. The molecule has 2 rings (SSSR count). The normalized spacial score (nSPS) is 9.80. The number of rotatable bonds is 3. The molecule has 1 amide bonds. The van der Waals surface area contributed by atoms with Gasteiger partial charge >= 0.3 is 0 Å². The summed E-state index contributed by atoms with van der Waals surface area (Å²) >= 11 is 0. The largest absolute Gasteiger partial charge is 0.398 e. The molecule has 5 nitrogen and oxygen atoms in total. The molecular formula is C15H14N4O. The van der Waals surface area contributed by atoms with Crippen LogP contribution in [0.5, 0.6) is 0 Å². The molecule has 0 fully saturated rings. The van der Waals surface area contributed by atoms with Gasteiger partial charge in [0.25, 0.3) is 5.91 Å². The van der Waals surface area contributed by atoms with Crippen molar-refractivity contribution >= 4 is 23.0 Å². The zero-order valence-electron chi connectivity index (χ0n) is 11.0. The molecule has 0 saturated carbocycles. The lowest BCUT2D eigenvalue weighted by atomic mass is 10.1. The number of nitrogens with zero attached hydrogens (tertiary/aromatic N) is 2. The summed E-state index contributed by atoms with van der Waals surface area (Å²) in [5.74, 6) is -0.558. The molecule has 0 aromatic heterocycles. The topological polar surface area (TPSA) is 96.1 Å².